The summed E-state index contributed by atoms with van der Waals surface area (Å²) in [4.78, 5) is 27.2. The Morgan fingerprint density at radius 1 is 1.25 bits per heavy atom. The van der Waals surface area contributed by atoms with Gasteiger partial charge in [-0.15, -0.1) is 0 Å². The van der Waals surface area contributed by atoms with Crippen LogP contribution < -0.4 is 0 Å². The van der Waals surface area contributed by atoms with E-state index in [0.717, 1.165) is 13.0 Å². The Bertz CT molecular complexity index is 372. The quantitative estimate of drug-likeness (QED) is 0.847. The van der Waals surface area contributed by atoms with Crippen LogP contribution in [0.3, 0.4) is 0 Å². The van der Waals surface area contributed by atoms with Crippen molar-refractivity contribution >= 4 is 11.9 Å². The first-order valence-electron chi connectivity index (χ1n) is 7.70. The maximum atomic E-state index is 12.4. The van der Waals surface area contributed by atoms with Gasteiger partial charge in [0.1, 0.15) is 0 Å². The summed E-state index contributed by atoms with van der Waals surface area (Å²) in [6, 6.07) is 0.356. The van der Waals surface area contributed by atoms with E-state index in [1.165, 1.54) is 19.3 Å². The van der Waals surface area contributed by atoms with Crippen molar-refractivity contribution in [2.75, 3.05) is 26.7 Å². The number of likely N-dealkylation sites (N-methyl/N-ethyl adjacent to an activating group) is 1. The van der Waals surface area contributed by atoms with Crippen LogP contribution in [0.2, 0.25) is 0 Å². The van der Waals surface area contributed by atoms with Crippen molar-refractivity contribution in [2.45, 2.75) is 45.1 Å². The van der Waals surface area contributed by atoms with Crippen LogP contribution in [0.15, 0.2) is 0 Å². The molecule has 1 aliphatic heterocycles. The summed E-state index contributed by atoms with van der Waals surface area (Å²) in [5, 5.41) is 8.99. The molecule has 1 heterocycles. The number of amides is 1. The van der Waals surface area contributed by atoms with Gasteiger partial charge < -0.3 is 10.0 Å². The summed E-state index contributed by atoms with van der Waals surface area (Å²) in [6.45, 7) is 3.82. The lowest BCUT2D eigenvalue weighted by Gasteiger charge is -2.37. The minimum Gasteiger partial charge on any atom is -0.481 e. The van der Waals surface area contributed by atoms with Crippen molar-refractivity contribution in [2.24, 2.45) is 11.8 Å². The standard InChI is InChI=1S/C15H26N2O3/c1-11-5-3-4-6-13(11)16(2)14(18)10-17-8-7-12(9-17)15(19)20/h11-13H,3-10H2,1-2H3,(H,19,20). The Balaban J connectivity index is 1.84. The molecule has 0 radical (unpaired) electrons. The molecule has 0 bridgehead atoms. The number of nitrogens with zero attached hydrogens (tertiary/aromatic N) is 2. The van der Waals surface area contributed by atoms with Gasteiger partial charge >= 0.3 is 5.97 Å². The van der Waals surface area contributed by atoms with Gasteiger partial charge in [0.25, 0.3) is 0 Å². The largest absolute Gasteiger partial charge is 0.481 e. The second kappa shape index (κ2) is 6.57. The molecule has 5 nitrogen and oxygen atoms in total. The van der Waals surface area contributed by atoms with Gasteiger partial charge in [0, 0.05) is 19.6 Å². The van der Waals surface area contributed by atoms with Crippen molar-refractivity contribution in [3.8, 4) is 0 Å². The topological polar surface area (TPSA) is 60.9 Å². The third-order valence-electron chi connectivity index (χ3n) is 4.94. The van der Waals surface area contributed by atoms with E-state index in [1.54, 1.807) is 0 Å². The molecule has 1 aliphatic carbocycles. The fourth-order valence-corrected chi connectivity index (χ4v) is 3.54. The van der Waals surface area contributed by atoms with Crippen molar-refractivity contribution < 1.29 is 14.7 Å². The minimum atomic E-state index is -0.741. The Kier molecular flexibility index (Phi) is 5.02. The van der Waals surface area contributed by atoms with Crippen molar-refractivity contribution in [3.63, 3.8) is 0 Å². The molecular weight excluding hydrogens is 256 g/mol. The highest BCUT2D eigenvalue weighted by atomic mass is 16.4. The summed E-state index contributed by atoms with van der Waals surface area (Å²) >= 11 is 0. The predicted molar refractivity (Wildman–Crippen MR) is 76.4 cm³/mol. The van der Waals surface area contributed by atoms with Crippen LogP contribution in [0.4, 0.5) is 0 Å². The summed E-state index contributed by atoms with van der Waals surface area (Å²) in [5.41, 5.74) is 0. The molecule has 5 heteroatoms. The number of likely N-dealkylation sites (tertiary alicyclic amines) is 1. The summed E-state index contributed by atoms with van der Waals surface area (Å²) < 4.78 is 0. The molecule has 2 rings (SSSR count). The first-order chi connectivity index (χ1) is 9.49. The van der Waals surface area contributed by atoms with Crippen molar-refractivity contribution in [1.82, 2.24) is 9.80 Å². The van der Waals surface area contributed by atoms with Crippen LogP contribution in [0.25, 0.3) is 0 Å². The molecule has 0 spiro atoms. The first-order valence-corrected chi connectivity index (χ1v) is 7.70. The highest BCUT2D eigenvalue weighted by molar-refractivity contribution is 5.78. The van der Waals surface area contributed by atoms with Gasteiger partial charge in [-0.2, -0.15) is 0 Å². The number of aliphatic carboxylic acids is 1. The highest BCUT2D eigenvalue weighted by Crippen LogP contribution is 2.27. The highest BCUT2D eigenvalue weighted by Gasteiger charge is 2.32. The average Bonchev–Trinajstić information content (AvgIpc) is 2.87. The number of hydrogen-bond acceptors (Lipinski definition) is 3. The number of carboxylic acid groups (broad SMARTS) is 1. The van der Waals surface area contributed by atoms with Crippen LogP contribution in [0, 0.1) is 11.8 Å². The second-order valence-corrected chi connectivity index (χ2v) is 6.39. The molecule has 3 atom stereocenters. The second-order valence-electron chi connectivity index (χ2n) is 6.39. The molecule has 0 aromatic rings. The van der Waals surface area contributed by atoms with Crippen LogP contribution in [0.1, 0.15) is 39.0 Å². The van der Waals surface area contributed by atoms with E-state index in [4.69, 9.17) is 5.11 Å². The zero-order valence-corrected chi connectivity index (χ0v) is 12.5. The predicted octanol–water partition coefficient (Wildman–Crippen LogP) is 1.43. The maximum Gasteiger partial charge on any atom is 0.307 e. The van der Waals surface area contributed by atoms with E-state index < -0.39 is 5.97 Å². The molecule has 1 saturated carbocycles. The van der Waals surface area contributed by atoms with Gasteiger partial charge in [-0.05, 0) is 31.7 Å². The molecule has 0 aromatic carbocycles. The van der Waals surface area contributed by atoms with Gasteiger partial charge in [0.2, 0.25) is 5.91 Å². The van der Waals surface area contributed by atoms with Crippen LogP contribution >= 0.6 is 0 Å². The fourth-order valence-electron chi connectivity index (χ4n) is 3.54. The summed E-state index contributed by atoms with van der Waals surface area (Å²) in [6.07, 6.45) is 5.43. The Morgan fingerprint density at radius 3 is 2.55 bits per heavy atom. The normalized spacial score (nSPS) is 31.2. The summed E-state index contributed by atoms with van der Waals surface area (Å²) in [5.74, 6) is -0.339. The van der Waals surface area contributed by atoms with Crippen molar-refractivity contribution in [1.29, 1.82) is 0 Å². The van der Waals surface area contributed by atoms with Gasteiger partial charge in [-0.3, -0.25) is 14.5 Å². The monoisotopic (exact) mass is 282 g/mol. The lowest BCUT2D eigenvalue weighted by atomic mass is 9.85. The number of carbonyl (C=O) groups is 2. The summed E-state index contributed by atoms with van der Waals surface area (Å²) in [7, 11) is 1.90. The molecule has 1 N–H and O–H groups in total. The Labute approximate surface area is 120 Å². The average molecular weight is 282 g/mol. The minimum absolute atomic E-state index is 0.134. The molecule has 3 unspecified atom stereocenters. The lowest BCUT2D eigenvalue weighted by molar-refractivity contribution is -0.141. The van der Waals surface area contributed by atoms with Gasteiger partial charge in [0.05, 0.1) is 12.5 Å². The third-order valence-corrected chi connectivity index (χ3v) is 4.94. The van der Waals surface area contributed by atoms with E-state index in [0.29, 0.717) is 31.5 Å². The van der Waals surface area contributed by atoms with Gasteiger partial charge in [0.15, 0.2) is 0 Å². The molecule has 114 valence electrons. The Morgan fingerprint density at radius 2 is 1.95 bits per heavy atom. The molecule has 0 aromatic heterocycles. The lowest BCUT2D eigenvalue weighted by Crippen LogP contribution is -2.46. The smallest absolute Gasteiger partial charge is 0.307 e. The molecular formula is C15H26N2O3. The van der Waals surface area contributed by atoms with Crippen LogP contribution in [0.5, 0.6) is 0 Å². The van der Waals surface area contributed by atoms with Crippen molar-refractivity contribution in [3.05, 3.63) is 0 Å². The van der Waals surface area contributed by atoms with E-state index in [-0.39, 0.29) is 11.8 Å². The molecule has 20 heavy (non-hydrogen) atoms. The van der Waals surface area contributed by atoms with E-state index in [2.05, 4.69) is 6.92 Å². The number of carboxylic acids is 1. The SMILES string of the molecule is CC1CCCCC1N(C)C(=O)CN1CCC(C(=O)O)C1. The molecule has 1 amide bonds. The number of carbonyl (C=O) groups excluding carboxylic acids is 1. The molecule has 2 fully saturated rings. The zero-order valence-electron chi connectivity index (χ0n) is 12.5. The first kappa shape index (κ1) is 15.3. The van der Waals surface area contributed by atoms with Gasteiger partial charge in [-0.1, -0.05) is 19.8 Å². The zero-order chi connectivity index (χ0) is 14.7. The molecule has 1 saturated heterocycles. The molecule has 2 aliphatic rings. The van der Waals surface area contributed by atoms with E-state index in [1.807, 2.05) is 16.8 Å². The Hall–Kier alpha value is -1.10. The fraction of sp³-hybridized carbons (Fsp3) is 0.867. The van der Waals surface area contributed by atoms with E-state index in [9.17, 15) is 9.59 Å². The third kappa shape index (κ3) is 3.51. The maximum absolute atomic E-state index is 12.4. The number of rotatable bonds is 4. The van der Waals surface area contributed by atoms with Gasteiger partial charge in [-0.25, -0.2) is 0 Å². The number of hydrogen-bond donors (Lipinski definition) is 1. The van der Waals surface area contributed by atoms with Crippen LogP contribution in [-0.2, 0) is 9.59 Å². The van der Waals surface area contributed by atoms with Crippen LogP contribution in [-0.4, -0.2) is 59.5 Å². The van der Waals surface area contributed by atoms with E-state index >= 15 is 0 Å².